The minimum absolute atomic E-state index is 0.142. The molecule has 1 aromatic rings. The van der Waals surface area contributed by atoms with E-state index in [1.807, 2.05) is 18.2 Å². The first kappa shape index (κ1) is 16.4. The lowest BCUT2D eigenvalue weighted by Gasteiger charge is -2.33. The first-order valence-corrected chi connectivity index (χ1v) is 8.66. The summed E-state index contributed by atoms with van der Waals surface area (Å²) in [5.74, 6) is 0.232. The number of piperidine rings is 1. The average molecular weight is 313 g/mol. The summed E-state index contributed by atoms with van der Waals surface area (Å²) in [4.78, 5) is 4.20. The standard InChI is InChI=1S/C14H23N3O3S/c1-16(9-7-14-4-2-3-8-15-14)21(19,20)17-10-5-13(12-18)6-11-17/h2-4,8,13,18H,5-7,9-12H2,1H3. The predicted molar refractivity (Wildman–Crippen MR) is 80.9 cm³/mol. The smallest absolute Gasteiger partial charge is 0.281 e. The Labute approximate surface area is 126 Å². The molecule has 1 fully saturated rings. The van der Waals surface area contributed by atoms with Crippen molar-refractivity contribution >= 4 is 10.2 Å². The molecule has 7 heteroatoms. The molecule has 0 saturated carbocycles. The number of hydrogen-bond donors (Lipinski definition) is 1. The predicted octanol–water partition coefficient (Wildman–Crippen LogP) is 0.505. The van der Waals surface area contributed by atoms with E-state index < -0.39 is 10.2 Å². The van der Waals surface area contributed by atoms with Gasteiger partial charge in [0.05, 0.1) is 0 Å². The highest BCUT2D eigenvalue weighted by atomic mass is 32.2. The Morgan fingerprint density at radius 3 is 2.67 bits per heavy atom. The lowest BCUT2D eigenvalue weighted by atomic mass is 10.00. The Morgan fingerprint density at radius 2 is 2.10 bits per heavy atom. The van der Waals surface area contributed by atoms with Crippen LogP contribution in [0.25, 0.3) is 0 Å². The molecule has 1 saturated heterocycles. The van der Waals surface area contributed by atoms with Gasteiger partial charge in [-0.1, -0.05) is 6.07 Å². The maximum absolute atomic E-state index is 12.5. The van der Waals surface area contributed by atoms with Crippen molar-refractivity contribution in [2.45, 2.75) is 19.3 Å². The van der Waals surface area contributed by atoms with Crippen LogP contribution in [0.5, 0.6) is 0 Å². The van der Waals surface area contributed by atoms with Gasteiger partial charge in [-0.25, -0.2) is 0 Å². The number of nitrogens with zero attached hydrogens (tertiary/aromatic N) is 3. The van der Waals surface area contributed by atoms with Gasteiger partial charge in [0.2, 0.25) is 0 Å². The fraction of sp³-hybridized carbons (Fsp3) is 0.643. The van der Waals surface area contributed by atoms with E-state index in [-0.39, 0.29) is 12.5 Å². The third kappa shape index (κ3) is 4.23. The highest BCUT2D eigenvalue weighted by Crippen LogP contribution is 2.20. The molecule has 2 heterocycles. The monoisotopic (exact) mass is 313 g/mol. The van der Waals surface area contributed by atoms with Crippen LogP contribution in [0.3, 0.4) is 0 Å². The lowest BCUT2D eigenvalue weighted by Crippen LogP contribution is -2.46. The molecule has 0 amide bonds. The summed E-state index contributed by atoms with van der Waals surface area (Å²) in [6.07, 6.45) is 3.76. The Kier molecular flexibility index (Phi) is 5.69. The Bertz CT molecular complexity index is 528. The summed E-state index contributed by atoms with van der Waals surface area (Å²) in [5, 5.41) is 9.11. The summed E-state index contributed by atoms with van der Waals surface area (Å²) in [7, 11) is -1.80. The van der Waals surface area contributed by atoms with E-state index in [9.17, 15) is 8.42 Å². The molecular weight excluding hydrogens is 290 g/mol. The lowest BCUT2D eigenvalue weighted by molar-refractivity contribution is 0.167. The van der Waals surface area contributed by atoms with E-state index in [0.29, 0.717) is 26.1 Å². The molecule has 0 unspecified atom stereocenters. The molecule has 0 bridgehead atoms. The fourth-order valence-electron chi connectivity index (χ4n) is 2.45. The largest absolute Gasteiger partial charge is 0.396 e. The van der Waals surface area contributed by atoms with Crippen molar-refractivity contribution in [2.75, 3.05) is 33.3 Å². The van der Waals surface area contributed by atoms with Crippen LogP contribution in [0, 0.1) is 5.92 Å². The second-order valence-corrected chi connectivity index (χ2v) is 7.46. The number of pyridine rings is 1. The van der Waals surface area contributed by atoms with Gasteiger partial charge in [0.1, 0.15) is 0 Å². The maximum Gasteiger partial charge on any atom is 0.281 e. The van der Waals surface area contributed by atoms with Crippen LogP contribution in [-0.4, -0.2) is 60.4 Å². The van der Waals surface area contributed by atoms with Gasteiger partial charge in [0.15, 0.2) is 0 Å². The van der Waals surface area contributed by atoms with Crippen LogP contribution in [0.15, 0.2) is 24.4 Å². The van der Waals surface area contributed by atoms with Crippen LogP contribution in [-0.2, 0) is 16.6 Å². The first-order valence-electron chi connectivity index (χ1n) is 7.26. The number of rotatable bonds is 6. The summed E-state index contributed by atoms with van der Waals surface area (Å²) >= 11 is 0. The molecule has 118 valence electrons. The zero-order chi connectivity index (χ0) is 15.3. The van der Waals surface area contributed by atoms with Crippen molar-refractivity contribution in [1.29, 1.82) is 0 Å². The van der Waals surface area contributed by atoms with Crippen LogP contribution in [0.4, 0.5) is 0 Å². The van der Waals surface area contributed by atoms with E-state index in [1.54, 1.807) is 13.2 Å². The second kappa shape index (κ2) is 7.31. The number of aliphatic hydroxyl groups is 1. The van der Waals surface area contributed by atoms with Gasteiger partial charge in [0.25, 0.3) is 10.2 Å². The molecular formula is C14H23N3O3S. The quantitative estimate of drug-likeness (QED) is 0.830. The van der Waals surface area contributed by atoms with Gasteiger partial charge in [-0.15, -0.1) is 0 Å². The summed E-state index contributed by atoms with van der Waals surface area (Å²) in [5.41, 5.74) is 0.888. The molecule has 0 aromatic carbocycles. The van der Waals surface area contributed by atoms with Crippen molar-refractivity contribution < 1.29 is 13.5 Å². The van der Waals surface area contributed by atoms with Gasteiger partial charge in [0, 0.05) is 51.6 Å². The highest BCUT2D eigenvalue weighted by Gasteiger charge is 2.30. The van der Waals surface area contributed by atoms with Crippen molar-refractivity contribution in [3.63, 3.8) is 0 Å². The van der Waals surface area contributed by atoms with Gasteiger partial charge >= 0.3 is 0 Å². The Balaban J connectivity index is 1.90. The third-order valence-electron chi connectivity index (χ3n) is 3.96. The summed E-state index contributed by atoms with van der Waals surface area (Å²) in [6, 6.07) is 5.64. The maximum atomic E-state index is 12.5. The first-order chi connectivity index (χ1) is 10.0. The Hall–Kier alpha value is -1.02. The minimum atomic E-state index is -3.41. The topological polar surface area (TPSA) is 73.7 Å². The molecule has 1 aromatic heterocycles. The van der Waals surface area contributed by atoms with Crippen molar-refractivity contribution in [2.24, 2.45) is 5.92 Å². The van der Waals surface area contributed by atoms with E-state index >= 15 is 0 Å². The summed E-state index contributed by atoms with van der Waals surface area (Å²) in [6.45, 7) is 1.53. The SMILES string of the molecule is CN(CCc1ccccn1)S(=O)(=O)N1CCC(CO)CC1. The molecule has 0 atom stereocenters. The van der Waals surface area contributed by atoms with Gasteiger partial charge < -0.3 is 5.11 Å². The number of aromatic nitrogens is 1. The fourth-order valence-corrected chi connectivity index (χ4v) is 3.84. The normalized spacial score (nSPS) is 18.2. The molecule has 1 N–H and O–H groups in total. The number of aliphatic hydroxyl groups excluding tert-OH is 1. The molecule has 0 radical (unpaired) electrons. The molecule has 1 aliphatic heterocycles. The van der Waals surface area contributed by atoms with Crippen LogP contribution in [0.1, 0.15) is 18.5 Å². The van der Waals surface area contributed by atoms with Crippen molar-refractivity contribution in [3.8, 4) is 0 Å². The zero-order valence-electron chi connectivity index (χ0n) is 12.4. The summed E-state index contributed by atoms with van der Waals surface area (Å²) < 4.78 is 27.8. The average Bonchev–Trinajstić information content (AvgIpc) is 2.53. The third-order valence-corrected chi connectivity index (χ3v) is 5.95. The van der Waals surface area contributed by atoms with E-state index in [2.05, 4.69) is 4.98 Å². The molecule has 6 nitrogen and oxygen atoms in total. The minimum Gasteiger partial charge on any atom is -0.396 e. The van der Waals surface area contributed by atoms with Crippen LogP contribution >= 0.6 is 0 Å². The molecule has 0 spiro atoms. The van der Waals surface area contributed by atoms with E-state index in [1.165, 1.54) is 8.61 Å². The van der Waals surface area contributed by atoms with E-state index in [0.717, 1.165) is 18.5 Å². The molecule has 2 rings (SSSR count). The Morgan fingerprint density at radius 1 is 1.38 bits per heavy atom. The van der Waals surface area contributed by atoms with Gasteiger partial charge in [-0.05, 0) is 30.9 Å². The molecule has 21 heavy (non-hydrogen) atoms. The van der Waals surface area contributed by atoms with Crippen LogP contribution in [0.2, 0.25) is 0 Å². The molecule has 0 aliphatic carbocycles. The molecule has 1 aliphatic rings. The van der Waals surface area contributed by atoms with Gasteiger partial charge in [-0.2, -0.15) is 17.0 Å². The number of hydrogen-bond acceptors (Lipinski definition) is 4. The number of likely N-dealkylation sites (N-methyl/N-ethyl adjacent to an activating group) is 1. The van der Waals surface area contributed by atoms with Crippen LogP contribution < -0.4 is 0 Å². The van der Waals surface area contributed by atoms with Gasteiger partial charge in [-0.3, -0.25) is 4.98 Å². The van der Waals surface area contributed by atoms with Crippen molar-refractivity contribution in [3.05, 3.63) is 30.1 Å². The zero-order valence-corrected chi connectivity index (χ0v) is 13.2. The van der Waals surface area contributed by atoms with Crippen molar-refractivity contribution in [1.82, 2.24) is 13.6 Å². The highest BCUT2D eigenvalue weighted by molar-refractivity contribution is 7.86. The second-order valence-electron chi connectivity index (χ2n) is 5.43. The van der Waals surface area contributed by atoms with E-state index in [4.69, 9.17) is 5.11 Å².